The molecule has 0 unspecified atom stereocenters. The SMILES string of the molecule is NC(=O)C1CCN(C(=O)c2ccc(S(=O)(=O)[C@@H]3CCS(=O)(=O)C3)cc2)CC1. The minimum atomic E-state index is -3.75. The van der Waals surface area contributed by atoms with Crippen molar-refractivity contribution in [3.8, 4) is 0 Å². The van der Waals surface area contributed by atoms with E-state index in [2.05, 4.69) is 0 Å². The molecule has 10 heteroatoms. The van der Waals surface area contributed by atoms with Crippen LogP contribution in [0.5, 0.6) is 0 Å². The molecule has 8 nitrogen and oxygen atoms in total. The van der Waals surface area contributed by atoms with Crippen LogP contribution in [0, 0.1) is 5.92 Å². The smallest absolute Gasteiger partial charge is 0.253 e. The molecule has 0 radical (unpaired) electrons. The fourth-order valence-corrected chi connectivity index (χ4v) is 7.89. The zero-order chi connectivity index (χ0) is 19.8. The molecule has 2 fully saturated rings. The highest BCUT2D eigenvalue weighted by Crippen LogP contribution is 2.26. The van der Waals surface area contributed by atoms with Crippen LogP contribution < -0.4 is 5.73 Å². The van der Waals surface area contributed by atoms with Gasteiger partial charge < -0.3 is 10.6 Å². The van der Waals surface area contributed by atoms with E-state index < -0.39 is 24.9 Å². The molecular weight excluding hydrogens is 392 g/mol. The second-order valence-electron chi connectivity index (χ2n) is 7.06. The zero-order valence-electron chi connectivity index (χ0n) is 14.7. The van der Waals surface area contributed by atoms with E-state index in [1.54, 1.807) is 4.90 Å². The number of nitrogens with two attached hydrogens (primary N) is 1. The first-order chi connectivity index (χ1) is 12.6. The van der Waals surface area contributed by atoms with Crippen LogP contribution in [0.25, 0.3) is 0 Å². The highest BCUT2D eigenvalue weighted by atomic mass is 32.2. The fraction of sp³-hybridized carbons (Fsp3) is 0.529. The van der Waals surface area contributed by atoms with Crippen LogP contribution in [0.1, 0.15) is 29.6 Å². The van der Waals surface area contributed by atoms with Crippen LogP contribution >= 0.6 is 0 Å². The van der Waals surface area contributed by atoms with E-state index in [0.29, 0.717) is 31.5 Å². The Balaban J connectivity index is 1.70. The van der Waals surface area contributed by atoms with Crippen molar-refractivity contribution in [1.29, 1.82) is 0 Å². The first kappa shape index (κ1) is 19.8. The number of nitrogens with zero attached hydrogens (tertiary/aromatic N) is 1. The number of amides is 2. The number of likely N-dealkylation sites (tertiary alicyclic amines) is 1. The molecule has 2 aliphatic heterocycles. The lowest BCUT2D eigenvalue weighted by molar-refractivity contribution is -0.123. The van der Waals surface area contributed by atoms with Gasteiger partial charge >= 0.3 is 0 Å². The molecule has 2 saturated heterocycles. The number of carbonyl (C=O) groups is 2. The third-order valence-electron chi connectivity index (χ3n) is 5.24. The standard InChI is InChI=1S/C17H22N2O6S2/c18-16(20)12-5-8-19(9-6-12)17(21)13-1-3-14(4-2-13)27(24,25)15-7-10-26(22,23)11-15/h1-4,12,15H,5-11H2,(H2,18,20)/t15-/m1/s1. The van der Waals surface area contributed by atoms with Crippen molar-refractivity contribution in [3.05, 3.63) is 29.8 Å². The third kappa shape index (κ3) is 4.16. The summed E-state index contributed by atoms with van der Waals surface area (Å²) < 4.78 is 48.3. The number of hydrogen-bond acceptors (Lipinski definition) is 6. The molecule has 3 rings (SSSR count). The number of benzene rings is 1. The topological polar surface area (TPSA) is 132 Å². The monoisotopic (exact) mass is 414 g/mol. The maximum Gasteiger partial charge on any atom is 0.253 e. The van der Waals surface area contributed by atoms with E-state index in [4.69, 9.17) is 5.73 Å². The second-order valence-corrected chi connectivity index (χ2v) is 11.5. The van der Waals surface area contributed by atoms with Gasteiger partial charge in [-0.25, -0.2) is 16.8 Å². The molecule has 0 bridgehead atoms. The Hall–Kier alpha value is -1.94. The molecule has 2 amide bonds. The van der Waals surface area contributed by atoms with Gasteiger partial charge in [0.1, 0.15) is 0 Å². The molecule has 0 saturated carbocycles. The van der Waals surface area contributed by atoms with Gasteiger partial charge in [0, 0.05) is 24.6 Å². The molecule has 1 aromatic carbocycles. The molecule has 27 heavy (non-hydrogen) atoms. The van der Waals surface area contributed by atoms with Crippen LogP contribution in [0.3, 0.4) is 0 Å². The van der Waals surface area contributed by atoms with Crippen LogP contribution in [0.15, 0.2) is 29.2 Å². The Labute approximate surface area is 158 Å². The molecule has 148 valence electrons. The van der Waals surface area contributed by atoms with E-state index in [1.807, 2.05) is 0 Å². The van der Waals surface area contributed by atoms with Gasteiger partial charge in [-0.15, -0.1) is 0 Å². The normalized spacial score (nSPS) is 23.3. The second kappa shape index (κ2) is 7.23. The summed E-state index contributed by atoms with van der Waals surface area (Å²) in [5, 5.41) is -0.933. The molecule has 2 heterocycles. The Kier molecular flexibility index (Phi) is 5.31. The van der Waals surface area contributed by atoms with Crippen LogP contribution in [0.2, 0.25) is 0 Å². The van der Waals surface area contributed by atoms with Crippen molar-refractivity contribution >= 4 is 31.5 Å². The highest BCUT2D eigenvalue weighted by Gasteiger charge is 2.38. The molecule has 2 aliphatic rings. The summed E-state index contributed by atoms with van der Waals surface area (Å²) in [6, 6.07) is 5.59. The van der Waals surface area contributed by atoms with Gasteiger partial charge in [0.2, 0.25) is 5.91 Å². The molecular formula is C17H22N2O6S2. The van der Waals surface area contributed by atoms with E-state index in [0.717, 1.165) is 0 Å². The van der Waals surface area contributed by atoms with Crippen molar-refractivity contribution < 1.29 is 26.4 Å². The van der Waals surface area contributed by atoms with Gasteiger partial charge in [0.25, 0.3) is 5.91 Å². The molecule has 0 aromatic heterocycles. The maximum absolute atomic E-state index is 12.6. The number of carbonyl (C=O) groups excluding carboxylic acids is 2. The summed E-state index contributed by atoms with van der Waals surface area (Å²) in [6.45, 7) is 0.846. The van der Waals surface area contributed by atoms with Crippen LogP contribution in [-0.2, 0) is 24.5 Å². The first-order valence-electron chi connectivity index (χ1n) is 8.73. The molecule has 0 spiro atoms. The lowest BCUT2D eigenvalue weighted by Gasteiger charge is -2.30. The molecule has 1 aromatic rings. The van der Waals surface area contributed by atoms with E-state index in [9.17, 15) is 26.4 Å². The summed E-state index contributed by atoms with van der Waals surface area (Å²) >= 11 is 0. The average molecular weight is 415 g/mol. The predicted octanol–water partition coefficient (Wildman–Crippen LogP) is -0.0151. The lowest BCUT2D eigenvalue weighted by atomic mass is 9.96. The van der Waals surface area contributed by atoms with Crippen molar-refractivity contribution in [2.75, 3.05) is 24.6 Å². The minimum absolute atomic E-state index is 0.0218. The van der Waals surface area contributed by atoms with Crippen molar-refractivity contribution in [2.24, 2.45) is 11.7 Å². The number of hydrogen-bond donors (Lipinski definition) is 1. The van der Waals surface area contributed by atoms with Crippen LogP contribution in [0.4, 0.5) is 0 Å². The zero-order valence-corrected chi connectivity index (χ0v) is 16.3. The van der Waals surface area contributed by atoms with Gasteiger partial charge in [-0.05, 0) is 43.5 Å². The Morgan fingerprint density at radius 2 is 1.63 bits per heavy atom. The number of piperidine rings is 1. The third-order valence-corrected chi connectivity index (χ3v) is 9.43. The lowest BCUT2D eigenvalue weighted by Crippen LogP contribution is -2.41. The van der Waals surface area contributed by atoms with Crippen LogP contribution in [-0.4, -0.2) is 63.4 Å². The highest BCUT2D eigenvalue weighted by molar-refractivity contribution is 7.96. The van der Waals surface area contributed by atoms with E-state index in [1.165, 1.54) is 24.3 Å². The summed E-state index contributed by atoms with van der Waals surface area (Å²) in [4.78, 5) is 25.4. The number of primary amides is 1. The van der Waals surface area contributed by atoms with Gasteiger partial charge in [0.15, 0.2) is 19.7 Å². The number of rotatable bonds is 4. The Morgan fingerprint density at radius 1 is 1.04 bits per heavy atom. The van der Waals surface area contributed by atoms with Gasteiger partial charge in [0.05, 0.1) is 21.7 Å². The Bertz CT molecular complexity index is 946. The molecule has 1 atom stereocenters. The number of sulfone groups is 2. The van der Waals surface area contributed by atoms with Crippen molar-refractivity contribution in [3.63, 3.8) is 0 Å². The van der Waals surface area contributed by atoms with E-state index >= 15 is 0 Å². The predicted molar refractivity (Wildman–Crippen MR) is 98.5 cm³/mol. The molecule has 0 aliphatic carbocycles. The van der Waals surface area contributed by atoms with Crippen molar-refractivity contribution in [1.82, 2.24) is 4.90 Å². The average Bonchev–Trinajstić information content (AvgIpc) is 3.02. The van der Waals surface area contributed by atoms with E-state index in [-0.39, 0.29) is 40.6 Å². The summed E-state index contributed by atoms with van der Waals surface area (Å²) in [5.41, 5.74) is 5.64. The van der Waals surface area contributed by atoms with Gasteiger partial charge in [-0.3, -0.25) is 9.59 Å². The first-order valence-corrected chi connectivity index (χ1v) is 12.1. The quantitative estimate of drug-likeness (QED) is 0.737. The summed E-state index contributed by atoms with van der Waals surface area (Å²) in [7, 11) is -7.06. The largest absolute Gasteiger partial charge is 0.369 e. The maximum atomic E-state index is 12.6. The van der Waals surface area contributed by atoms with Gasteiger partial charge in [-0.1, -0.05) is 0 Å². The summed E-state index contributed by atoms with van der Waals surface area (Å²) in [6.07, 6.45) is 1.13. The fourth-order valence-electron chi connectivity index (χ4n) is 3.53. The Morgan fingerprint density at radius 3 is 2.11 bits per heavy atom. The molecule has 2 N–H and O–H groups in total. The summed E-state index contributed by atoms with van der Waals surface area (Å²) in [5.74, 6) is -1.28. The minimum Gasteiger partial charge on any atom is -0.369 e. The van der Waals surface area contributed by atoms with Gasteiger partial charge in [-0.2, -0.15) is 0 Å². The van der Waals surface area contributed by atoms with Crippen molar-refractivity contribution in [2.45, 2.75) is 29.4 Å².